The van der Waals surface area contributed by atoms with Crippen LogP contribution in [0.25, 0.3) is 21.9 Å². The lowest BCUT2D eigenvalue weighted by molar-refractivity contribution is -0.384. The molecule has 5 aromatic rings. The minimum absolute atomic E-state index is 0.00249. The molecule has 148 valence electrons. The van der Waals surface area contributed by atoms with Crippen LogP contribution in [-0.4, -0.2) is 14.9 Å². The number of nitrogens with one attached hydrogen (secondary N) is 1. The van der Waals surface area contributed by atoms with Crippen LogP contribution in [0.1, 0.15) is 5.56 Å². The Morgan fingerprint density at radius 2 is 1.58 bits per heavy atom. The van der Waals surface area contributed by atoms with Gasteiger partial charge in [-0.15, -0.1) is 0 Å². The average molecular weight is 405 g/mol. The lowest BCUT2D eigenvalue weighted by Crippen LogP contribution is -2.13. The predicted molar refractivity (Wildman–Crippen MR) is 120 cm³/mol. The molecule has 0 aliphatic carbocycles. The van der Waals surface area contributed by atoms with Crippen molar-refractivity contribution < 1.29 is 4.92 Å². The van der Waals surface area contributed by atoms with Crippen LogP contribution < -0.4 is 4.90 Å². The third-order valence-electron chi connectivity index (χ3n) is 5.12. The monoisotopic (exact) mass is 405 g/mol. The summed E-state index contributed by atoms with van der Waals surface area (Å²) in [6, 6.07) is 27.6. The third kappa shape index (κ3) is 3.12. The molecule has 3 aromatic carbocycles. The molecule has 7 nitrogen and oxygen atoms in total. The first-order valence-electron chi connectivity index (χ1n) is 9.57. The number of non-ortho nitro benzene ring substituents is 1. The number of para-hydroxylation sites is 2. The molecule has 0 unspecified atom stereocenters. The summed E-state index contributed by atoms with van der Waals surface area (Å²) in [5.74, 6) is 0.458. The topological polar surface area (TPSA) is 98.8 Å². The minimum atomic E-state index is -0.437. The fourth-order valence-corrected chi connectivity index (χ4v) is 3.69. The molecule has 0 atom stereocenters. The van der Waals surface area contributed by atoms with Crippen molar-refractivity contribution in [3.63, 3.8) is 0 Å². The number of fused-ring (bicyclic) bond motifs is 3. The van der Waals surface area contributed by atoms with Crippen molar-refractivity contribution in [3.8, 4) is 6.07 Å². The molecule has 0 radical (unpaired) electrons. The van der Waals surface area contributed by atoms with Gasteiger partial charge >= 0.3 is 0 Å². The predicted octanol–water partition coefficient (Wildman–Crippen LogP) is 5.97. The Hall–Kier alpha value is -4.70. The van der Waals surface area contributed by atoms with Crippen LogP contribution in [0.2, 0.25) is 0 Å². The van der Waals surface area contributed by atoms with Crippen molar-refractivity contribution in [3.05, 3.63) is 101 Å². The van der Waals surface area contributed by atoms with Crippen LogP contribution in [0.5, 0.6) is 0 Å². The van der Waals surface area contributed by atoms with Gasteiger partial charge in [0.25, 0.3) is 5.69 Å². The Kier molecular flexibility index (Phi) is 4.31. The van der Waals surface area contributed by atoms with E-state index in [1.807, 2.05) is 59.5 Å². The maximum Gasteiger partial charge on any atom is 0.269 e. The molecule has 0 fully saturated rings. The maximum atomic E-state index is 11.1. The quantitative estimate of drug-likeness (QED) is 0.293. The number of nitro benzene ring substituents is 1. The zero-order chi connectivity index (χ0) is 21.4. The van der Waals surface area contributed by atoms with Crippen molar-refractivity contribution in [2.75, 3.05) is 4.90 Å². The summed E-state index contributed by atoms with van der Waals surface area (Å²) >= 11 is 0. The molecule has 0 saturated heterocycles. The lowest BCUT2D eigenvalue weighted by atomic mass is 10.1. The number of hydrogen-bond acceptors (Lipinski definition) is 5. The van der Waals surface area contributed by atoms with Crippen LogP contribution >= 0.6 is 0 Å². The molecule has 0 bridgehead atoms. The van der Waals surface area contributed by atoms with E-state index in [9.17, 15) is 15.4 Å². The van der Waals surface area contributed by atoms with Gasteiger partial charge in [0.1, 0.15) is 6.07 Å². The van der Waals surface area contributed by atoms with Gasteiger partial charge in [0.2, 0.25) is 0 Å². The van der Waals surface area contributed by atoms with Crippen LogP contribution in [-0.2, 0) is 0 Å². The van der Waals surface area contributed by atoms with Crippen molar-refractivity contribution in [1.82, 2.24) is 9.97 Å². The van der Waals surface area contributed by atoms with Gasteiger partial charge in [0.05, 0.1) is 21.5 Å². The summed E-state index contributed by atoms with van der Waals surface area (Å²) < 4.78 is 0. The van der Waals surface area contributed by atoms with E-state index in [-0.39, 0.29) is 5.69 Å². The highest BCUT2D eigenvalue weighted by atomic mass is 16.6. The molecule has 0 aliphatic rings. The van der Waals surface area contributed by atoms with E-state index in [1.165, 1.54) is 12.1 Å². The van der Waals surface area contributed by atoms with Gasteiger partial charge in [0, 0.05) is 34.4 Å². The normalized spacial score (nSPS) is 10.8. The molecule has 31 heavy (non-hydrogen) atoms. The van der Waals surface area contributed by atoms with Crippen LogP contribution in [0, 0.1) is 21.4 Å². The minimum Gasteiger partial charge on any atom is -0.353 e. The van der Waals surface area contributed by atoms with E-state index in [0.717, 1.165) is 27.6 Å². The van der Waals surface area contributed by atoms with Gasteiger partial charge in [-0.1, -0.05) is 36.4 Å². The largest absolute Gasteiger partial charge is 0.353 e. The molecule has 2 heterocycles. The molecule has 7 heteroatoms. The van der Waals surface area contributed by atoms with E-state index >= 15 is 0 Å². The fraction of sp³-hybridized carbons (Fsp3) is 0. The van der Waals surface area contributed by atoms with Crippen molar-refractivity contribution in [2.24, 2.45) is 0 Å². The first-order valence-corrected chi connectivity index (χ1v) is 9.57. The smallest absolute Gasteiger partial charge is 0.269 e. The van der Waals surface area contributed by atoms with Crippen molar-refractivity contribution >= 4 is 44.8 Å². The molecule has 0 spiro atoms. The summed E-state index contributed by atoms with van der Waals surface area (Å²) in [5, 5.41) is 21.9. The Morgan fingerprint density at radius 3 is 2.29 bits per heavy atom. The van der Waals surface area contributed by atoms with E-state index < -0.39 is 4.92 Å². The second-order valence-corrected chi connectivity index (χ2v) is 6.98. The van der Waals surface area contributed by atoms with Crippen LogP contribution in [0.4, 0.5) is 22.9 Å². The molecule has 0 aliphatic heterocycles. The van der Waals surface area contributed by atoms with Crippen molar-refractivity contribution in [1.29, 1.82) is 5.26 Å². The van der Waals surface area contributed by atoms with Gasteiger partial charge in [-0.3, -0.25) is 15.0 Å². The number of hydrogen-bond donors (Lipinski definition) is 1. The zero-order valence-electron chi connectivity index (χ0n) is 16.2. The van der Waals surface area contributed by atoms with Gasteiger partial charge < -0.3 is 4.98 Å². The molecular weight excluding hydrogens is 390 g/mol. The third-order valence-corrected chi connectivity index (χ3v) is 5.12. The Balaban J connectivity index is 1.78. The summed E-state index contributed by atoms with van der Waals surface area (Å²) in [5.41, 5.74) is 4.32. The molecule has 5 rings (SSSR count). The highest BCUT2D eigenvalue weighted by Crippen LogP contribution is 2.38. The Labute approximate surface area is 177 Å². The second kappa shape index (κ2) is 7.28. The second-order valence-electron chi connectivity index (χ2n) is 6.98. The molecular formula is C24H15N5O2. The fourth-order valence-electron chi connectivity index (χ4n) is 3.69. The number of aromatic amines is 1. The number of benzene rings is 3. The molecule has 0 amide bonds. The molecule has 2 aromatic heterocycles. The first-order chi connectivity index (χ1) is 15.2. The number of nitro groups is 1. The highest BCUT2D eigenvalue weighted by Gasteiger charge is 2.21. The summed E-state index contributed by atoms with van der Waals surface area (Å²) in [6.45, 7) is 0. The first kappa shape index (κ1) is 18.3. The Bertz CT molecular complexity index is 1470. The number of rotatable bonds is 4. The summed E-state index contributed by atoms with van der Waals surface area (Å²) in [7, 11) is 0. The number of anilines is 3. The number of nitriles is 1. The number of nitrogens with zero attached hydrogens (tertiary/aromatic N) is 4. The average Bonchev–Trinajstić information content (AvgIpc) is 3.17. The Morgan fingerprint density at radius 1 is 0.903 bits per heavy atom. The summed E-state index contributed by atoms with van der Waals surface area (Å²) in [4.78, 5) is 20.7. The standard InChI is InChI=1S/C24H15N5O2/c25-15-16-14-22-23(20-8-4-5-9-21(20)26-22)27-24(16)28(17-6-2-1-3-7-17)18-10-12-19(13-11-18)29(30)31/h1-14,26H. The van der Waals surface area contributed by atoms with Crippen LogP contribution in [0.15, 0.2) is 84.9 Å². The number of H-pyrrole nitrogens is 1. The van der Waals surface area contributed by atoms with Gasteiger partial charge in [-0.05, 0) is 36.4 Å². The van der Waals surface area contributed by atoms with Crippen LogP contribution in [0.3, 0.4) is 0 Å². The summed E-state index contributed by atoms with van der Waals surface area (Å²) in [6.07, 6.45) is 0. The van der Waals surface area contributed by atoms with Gasteiger partial charge in [-0.2, -0.15) is 5.26 Å². The van der Waals surface area contributed by atoms with E-state index in [0.29, 0.717) is 17.1 Å². The van der Waals surface area contributed by atoms with E-state index in [2.05, 4.69) is 11.1 Å². The van der Waals surface area contributed by atoms with Crippen molar-refractivity contribution in [2.45, 2.75) is 0 Å². The molecule has 0 saturated carbocycles. The number of aromatic nitrogens is 2. The van der Waals surface area contributed by atoms with Gasteiger partial charge in [-0.25, -0.2) is 4.98 Å². The maximum absolute atomic E-state index is 11.1. The SMILES string of the molecule is N#Cc1cc2[nH]c3ccccc3c2nc1N(c1ccccc1)c1ccc([N+](=O)[O-])cc1. The number of pyridine rings is 1. The highest BCUT2D eigenvalue weighted by molar-refractivity contribution is 6.06. The van der Waals surface area contributed by atoms with E-state index in [1.54, 1.807) is 18.2 Å². The zero-order valence-corrected chi connectivity index (χ0v) is 16.2. The van der Waals surface area contributed by atoms with E-state index in [4.69, 9.17) is 4.98 Å². The molecule has 1 N–H and O–H groups in total. The van der Waals surface area contributed by atoms with Gasteiger partial charge in [0.15, 0.2) is 5.82 Å². The lowest BCUT2D eigenvalue weighted by Gasteiger charge is -2.25.